The number of benzene rings is 1. The molecule has 3 nitrogen and oxygen atoms in total. The zero-order chi connectivity index (χ0) is 12.4. The quantitative estimate of drug-likeness (QED) is 0.843. The van der Waals surface area contributed by atoms with Gasteiger partial charge in [0.05, 0.1) is 23.0 Å². The molecule has 1 atom stereocenters. The van der Waals surface area contributed by atoms with Crippen LogP contribution >= 0.6 is 11.8 Å². The van der Waals surface area contributed by atoms with Crippen molar-refractivity contribution in [1.29, 1.82) is 5.26 Å². The predicted octanol–water partition coefficient (Wildman–Crippen LogP) is 3.43. The molecule has 1 unspecified atom stereocenters. The Morgan fingerprint density at radius 3 is 2.82 bits per heavy atom. The largest absolute Gasteiger partial charge is 0.333 e. The van der Waals surface area contributed by atoms with E-state index in [1.165, 1.54) is 11.1 Å². The van der Waals surface area contributed by atoms with Crippen molar-refractivity contribution in [3.05, 3.63) is 23.3 Å². The Morgan fingerprint density at radius 2 is 2.12 bits per heavy atom. The minimum absolute atomic E-state index is 0.0525. The van der Waals surface area contributed by atoms with Crippen LogP contribution in [0.3, 0.4) is 0 Å². The Bertz CT molecular complexity index is 541. The number of nitriles is 1. The minimum Gasteiger partial charge on any atom is -0.333 e. The van der Waals surface area contributed by atoms with E-state index < -0.39 is 0 Å². The van der Waals surface area contributed by atoms with Crippen molar-refractivity contribution in [3.8, 4) is 6.07 Å². The van der Waals surface area contributed by atoms with Crippen molar-refractivity contribution in [2.75, 3.05) is 5.75 Å². The van der Waals surface area contributed by atoms with E-state index in [2.05, 4.69) is 42.0 Å². The smallest absolute Gasteiger partial charge is 0.166 e. The summed E-state index contributed by atoms with van der Waals surface area (Å²) < 4.78 is 0. The van der Waals surface area contributed by atoms with Gasteiger partial charge in [0.15, 0.2) is 5.16 Å². The third kappa shape index (κ3) is 2.62. The van der Waals surface area contributed by atoms with Crippen LogP contribution in [0.2, 0.25) is 0 Å². The third-order valence-corrected chi connectivity index (χ3v) is 3.90. The maximum atomic E-state index is 8.73. The van der Waals surface area contributed by atoms with E-state index in [4.69, 9.17) is 5.26 Å². The van der Waals surface area contributed by atoms with Crippen LogP contribution in [0.4, 0.5) is 0 Å². The van der Waals surface area contributed by atoms with E-state index in [1.807, 2.05) is 6.92 Å². The molecule has 1 N–H and O–H groups in total. The summed E-state index contributed by atoms with van der Waals surface area (Å²) in [4.78, 5) is 7.80. The molecule has 0 radical (unpaired) electrons. The molecule has 0 fully saturated rings. The molecule has 0 aliphatic rings. The van der Waals surface area contributed by atoms with Crippen molar-refractivity contribution in [2.24, 2.45) is 5.92 Å². The number of thioether (sulfide) groups is 1. The first kappa shape index (κ1) is 12.0. The van der Waals surface area contributed by atoms with Gasteiger partial charge in [-0.3, -0.25) is 0 Å². The minimum atomic E-state index is 0.0525. The van der Waals surface area contributed by atoms with Gasteiger partial charge in [0.1, 0.15) is 0 Å². The zero-order valence-electron chi connectivity index (χ0n) is 10.2. The number of rotatable bonds is 3. The summed E-state index contributed by atoms with van der Waals surface area (Å²) >= 11 is 1.60. The van der Waals surface area contributed by atoms with E-state index >= 15 is 0 Å². The van der Waals surface area contributed by atoms with Gasteiger partial charge < -0.3 is 4.98 Å². The number of nitrogens with one attached hydrogen (secondary N) is 1. The normalized spacial score (nSPS) is 12.6. The molecule has 88 valence electrons. The van der Waals surface area contributed by atoms with Crippen molar-refractivity contribution in [3.63, 3.8) is 0 Å². The summed E-state index contributed by atoms with van der Waals surface area (Å²) in [6, 6.07) is 6.44. The number of aryl methyl sites for hydroxylation is 2. The van der Waals surface area contributed by atoms with Gasteiger partial charge in [0, 0.05) is 5.75 Å². The Morgan fingerprint density at radius 1 is 1.41 bits per heavy atom. The molecule has 1 heterocycles. The van der Waals surface area contributed by atoms with E-state index in [-0.39, 0.29) is 5.92 Å². The van der Waals surface area contributed by atoms with Gasteiger partial charge in [0.2, 0.25) is 0 Å². The van der Waals surface area contributed by atoms with Gasteiger partial charge >= 0.3 is 0 Å². The van der Waals surface area contributed by atoms with Crippen LogP contribution in [-0.2, 0) is 0 Å². The molecule has 0 saturated carbocycles. The molecule has 0 aliphatic carbocycles. The summed E-state index contributed by atoms with van der Waals surface area (Å²) in [6.45, 7) is 6.11. The Kier molecular flexibility index (Phi) is 3.39. The highest BCUT2D eigenvalue weighted by Crippen LogP contribution is 2.23. The molecule has 4 heteroatoms. The van der Waals surface area contributed by atoms with Gasteiger partial charge in [-0.05, 0) is 44.0 Å². The molecule has 1 aromatic heterocycles. The summed E-state index contributed by atoms with van der Waals surface area (Å²) in [6.07, 6.45) is 0. The number of aromatic amines is 1. The standard InChI is InChI=1S/C13H15N3S/c1-8(6-14)7-17-13-15-11-4-9(2)10(3)5-12(11)16-13/h4-5,8H,7H2,1-3H3,(H,15,16). The zero-order valence-corrected chi connectivity index (χ0v) is 11.1. The predicted molar refractivity (Wildman–Crippen MR) is 71.1 cm³/mol. The Labute approximate surface area is 105 Å². The van der Waals surface area contributed by atoms with Crippen molar-refractivity contribution >= 4 is 22.8 Å². The maximum Gasteiger partial charge on any atom is 0.166 e. The lowest BCUT2D eigenvalue weighted by Crippen LogP contribution is -1.93. The number of aromatic nitrogens is 2. The number of hydrogen-bond acceptors (Lipinski definition) is 3. The fraction of sp³-hybridized carbons (Fsp3) is 0.385. The van der Waals surface area contributed by atoms with Crippen LogP contribution in [-0.4, -0.2) is 15.7 Å². The summed E-state index contributed by atoms with van der Waals surface area (Å²) in [5, 5.41) is 9.63. The maximum absolute atomic E-state index is 8.73. The molecule has 0 saturated heterocycles. The molecule has 1 aromatic carbocycles. The van der Waals surface area contributed by atoms with E-state index in [0.29, 0.717) is 0 Å². The van der Waals surface area contributed by atoms with Crippen LogP contribution < -0.4 is 0 Å². The van der Waals surface area contributed by atoms with E-state index in [0.717, 1.165) is 21.9 Å². The number of hydrogen-bond donors (Lipinski definition) is 1. The Balaban J connectivity index is 2.23. The van der Waals surface area contributed by atoms with Gasteiger partial charge in [0.25, 0.3) is 0 Å². The monoisotopic (exact) mass is 245 g/mol. The average Bonchev–Trinajstić information content (AvgIpc) is 2.68. The lowest BCUT2D eigenvalue weighted by atomic mass is 10.1. The molecule has 17 heavy (non-hydrogen) atoms. The summed E-state index contributed by atoms with van der Waals surface area (Å²) in [5.41, 5.74) is 4.59. The molecule has 0 bridgehead atoms. The average molecular weight is 245 g/mol. The lowest BCUT2D eigenvalue weighted by Gasteiger charge is -1.97. The summed E-state index contributed by atoms with van der Waals surface area (Å²) in [5.74, 6) is 0.825. The van der Waals surface area contributed by atoms with Crippen LogP contribution in [0.25, 0.3) is 11.0 Å². The fourth-order valence-electron chi connectivity index (χ4n) is 1.56. The number of fused-ring (bicyclic) bond motifs is 1. The molecular formula is C13H15N3S. The highest BCUT2D eigenvalue weighted by molar-refractivity contribution is 7.99. The first-order chi connectivity index (χ1) is 8.10. The van der Waals surface area contributed by atoms with Crippen LogP contribution in [0, 0.1) is 31.1 Å². The Hall–Kier alpha value is -1.47. The van der Waals surface area contributed by atoms with Crippen LogP contribution in [0.1, 0.15) is 18.1 Å². The lowest BCUT2D eigenvalue weighted by molar-refractivity contribution is 0.860. The SMILES string of the molecule is Cc1cc2nc(SCC(C)C#N)[nH]c2cc1C. The molecule has 0 amide bonds. The topological polar surface area (TPSA) is 52.5 Å². The first-order valence-electron chi connectivity index (χ1n) is 5.59. The fourth-order valence-corrected chi connectivity index (χ4v) is 2.38. The van der Waals surface area contributed by atoms with Crippen LogP contribution in [0.15, 0.2) is 17.3 Å². The third-order valence-electron chi connectivity index (χ3n) is 2.77. The first-order valence-corrected chi connectivity index (χ1v) is 6.58. The number of H-pyrrole nitrogens is 1. The molecule has 2 rings (SSSR count). The molecular weight excluding hydrogens is 230 g/mol. The van der Waals surface area contributed by atoms with Gasteiger partial charge in [-0.25, -0.2) is 4.98 Å². The van der Waals surface area contributed by atoms with Crippen molar-refractivity contribution in [1.82, 2.24) is 9.97 Å². The second kappa shape index (κ2) is 4.80. The van der Waals surface area contributed by atoms with Crippen molar-refractivity contribution in [2.45, 2.75) is 25.9 Å². The molecule has 0 aliphatic heterocycles. The highest BCUT2D eigenvalue weighted by Gasteiger charge is 2.07. The second-order valence-corrected chi connectivity index (χ2v) is 5.35. The van der Waals surface area contributed by atoms with E-state index in [1.54, 1.807) is 11.8 Å². The van der Waals surface area contributed by atoms with Crippen LogP contribution in [0.5, 0.6) is 0 Å². The molecule has 2 aromatic rings. The summed E-state index contributed by atoms with van der Waals surface area (Å²) in [7, 11) is 0. The molecule has 0 spiro atoms. The number of nitrogens with zero attached hydrogens (tertiary/aromatic N) is 2. The van der Waals surface area contributed by atoms with Crippen molar-refractivity contribution < 1.29 is 0 Å². The highest BCUT2D eigenvalue weighted by atomic mass is 32.2. The van der Waals surface area contributed by atoms with Gasteiger partial charge in [-0.15, -0.1) is 0 Å². The second-order valence-electron chi connectivity index (χ2n) is 4.34. The van der Waals surface area contributed by atoms with Gasteiger partial charge in [-0.1, -0.05) is 11.8 Å². The van der Waals surface area contributed by atoms with E-state index in [9.17, 15) is 0 Å². The number of imidazole rings is 1. The van der Waals surface area contributed by atoms with Gasteiger partial charge in [-0.2, -0.15) is 5.26 Å².